The van der Waals surface area contributed by atoms with Gasteiger partial charge in [0.2, 0.25) is 0 Å². The van der Waals surface area contributed by atoms with Gasteiger partial charge in [-0.1, -0.05) is 48.5 Å². The van der Waals surface area contributed by atoms with Crippen molar-refractivity contribution < 1.29 is 4.79 Å². The predicted octanol–water partition coefficient (Wildman–Crippen LogP) is 3.84. The third-order valence-electron chi connectivity index (χ3n) is 5.76. The highest BCUT2D eigenvalue weighted by atomic mass is 16.2. The van der Waals surface area contributed by atoms with Gasteiger partial charge in [-0.25, -0.2) is 4.79 Å². The normalized spacial score (nSPS) is 22.9. The van der Waals surface area contributed by atoms with Gasteiger partial charge in [-0.3, -0.25) is 9.80 Å². The van der Waals surface area contributed by atoms with Crippen LogP contribution in [-0.2, 0) is 6.54 Å². The van der Waals surface area contributed by atoms with Gasteiger partial charge in [0.1, 0.15) is 0 Å². The number of rotatable bonds is 3. The zero-order valence-corrected chi connectivity index (χ0v) is 15.4. The Balaban J connectivity index is 1.46. The molecule has 3 saturated heterocycles. The first-order chi connectivity index (χ1) is 12.7. The molecule has 0 saturated carbocycles. The van der Waals surface area contributed by atoms with Crippen LogP contribution in [0.3, 0.4) is 0 Å². The van der Waals surface area contributed by atoms with E-state index in [2.05, 4.69) is 40.1 Å². The molecular formula is C22H27N3O. The Morgan fingerprint density at radius 2 is 1.65 bits per heavy atom. The smallest absolute Gasteiger partial charge is 0.322 e. The van der Waals surface area contributed by atoms with Crippen LogP contribution in [-0.4, -0.2) is 48.6 Å². The maximum Gasteiger partial charge on any atom is 0.324 e. The number of nitrogens with zero attached hydrogens (tertiary/aromatic N) is 3. The number of fused-ring (bicyclic) bond motifs is 4. The van der Waals surface area contributed by atoms with Gasteiger partial charge < -0.3 is 4.90 Å². The van der Waals surface area contributed by atoms with E-state index in [9.17, 15) is 4.79 Å². The molecule has 3 aliphatic heterocycles. The fourth-order valence-corrected chi connectivity index (χ4v) is 4.32. The molecule has 5 rings (SSSR count). The summed E-state index contributed by atoms with van der Waals surface area (Å²) >= 11 is 0. The van der Waals surface area contributed by atoms with Crippen LogP contribution in [0.25, 0.3) is 0 Å². The molecule has 0 aliphatic carbocycles. The molecule has 2 aromatic rings. The summed E-state index contributed by atoms with van der Waals surface area (Å²) in [6.07, 6.45) is 2.42. The molecule has 0 spiro atoms. The van der Waals surface area contributed by atoms with Crippen molar-refractivity contribution >= 4 is 11.7 Å². The number of piperidine rings is 1. The Labute approximate surface area is 156 Å². The van der Waals surface area contributed by atoms with Gasteiger partial charge in [-0.05, 0) is 36.5 Å². The van der Waals surface area contributed by atoms with Crippen molar-refractivity contribution in [3.8, 4) is 0 Å². The Morgan fingerprint density at radius 3 is 2.38 bits per heavy atom. The second-order valence-corrected chi connectivity index (χ2v) is 7.59. The van der Waals surface area contributed by atoms with Gasteiger partial charge in [-0.2, -0.15) is 0 Å². The highest BCUT2D eigenvalue weighted by Crippen LogP contribution is 2.30. The van der Waals surface area contributed by atoms with E-state index >= 15 is 0 Å². The molecule has 2 atom stereocenters. The molecule has 0 unspecified atom stereocenters. The molecule has 4 heteroatoms. The molecule has 26 heavy (non-hydrogen) atoms. The number of amides is 2. The standard InChI is InChI=1S/C22H27N3O/c1-23(20-10-6-3-7-11-20)22(26)25-16-19-12-13-21(17-25)24(15-19)14-18-8-4-2-5-9-18/h2-11,19,21H,12-17H2,1H3/t19-,21-/m1/s1. The molecule has 3 fully saturated rings. The van der Waals surface area contributed by atoms with Gasteiger partial charge >= 0.3 is 6.03 Å². The molecule has 4 nitrogen and oxygen atoms in total. The molecule has 2 aromatic carbocycles. The predicted molar refractivity (Wildman–Crippen MR) is 105 cm³/mol. The second-order valence-electron chi connectivity index (χ2n) is 7.59. The van der Waals surface area contributed by atoms with Crippen molar-refractivity contribution in [3.63, 3.8) is 0 Å². The first kappa shape index (κ1) is 17.1. The van der Waals surface area contributed by atoms with E-state index in [0.717, 1.165) is 31.9 Å². The number of anilines is 1. The highest BCUT2D eigenvalue weighted by Gasteiger charge is 2.37. The van der Waals surface area contributed by atoms with Crippen LogP contribution in [0, 0.1) is 5.92 Å². The number of hydrogen-bond donors (Lipinski definition) is 0. The average Bonchev–Trinajstić information content (AvgIpc) is 3.00. The lowest BCUT2D eigenvalue weighted by Gasteiger charge is -2.36. The molecule has 3 aliphatic rings. The number of urea groups is 1. The van der Waals surface area contributed by atoms with Crippen LogP contribution in [0.1, 0.15) is 18.4 Å². The van der Waals surface area contributed by atoms with Crippen LogP contribution < -0.4 is 4.90 Å². The van der Waals surface area contributed by atoms with Crippen LogP contribution in [0.15, 0.2) is 60.7 Å². The molecule has 0 radical (unpaired) electrons. The summed E-state index contributed by atoms with van der Waals surface area (Å²) in [6.45, 7) is 3.79. The summed E-state index contributed by atoms with van der Waals surface area (Å²) in [4.78, 5) is 19.5. The molecule has 3 heterocycles. The fourth-order valence-electron chi connectivity index (χ4n) is 4.32. The van der Waals surface area contributed by atoms with Crippen LogP contribution in [0.5, 0.6) is 0 Å². The Morgan fingerprint density at radius 1 is 0.962 bits per heavy atom. The van der Waals surface area contributed by atoms with E-state index in [1.165, 1.54) is 18.4 Å². The topological polar surface area (TPSA) is 26.8 Å². The van der Waals surface area contributed by atoms with Crippen molar-refractivity contribution in [2.45, 2.75) is 25.4 Å². The van der Waals surface area contributed by atoms with Gasteiger partial charge in [-0.15, -0.1) is 0 Å². The molecule has 2 bridgehead atoms. The van der Waals surface area contributed by atoms with E-state index in [1.54, 1.807) is 4.90 Å². The quantitative estimate of drug-likeness (QED) is 0.842. The number of benzene rings is 2. The zero-order valence-electron chi connectivity index (χ0n) is 15.4. The summed E-state index contributed by atoms with van der Waals surface area (Å²) in [5.41, 5.74) is 2.31. The third-order valence-corrected chi connectivity index (χ3v) is 5.76. The summed E-state index contributed by atoms with van der Waals surface area (Å²) in [5, 5.41) is 0. The van der Waals surface area contributed by atoms with Gasteiger partial charge in [0, 0.05) is 45.0 Å². The van der Waals surface area contributed by atoms with Crippen LogP contribution >= 0.6 is 0 Å². The summed E-state index contributed by atoms with van der Waals surface area (Å²) in [5.74, 6) is 0.575. The maximum absolute atomic E-state index is 13.1. The minimum atomic E-state index is 0.120. The lowest BCUT2D eigenvalue weighted by atomic mass is 9.94. The van der Waals surface area contributed by atoms with Crippen molar-refractivity contribution in [1.82, 2.24) is 9.80 Å². The van der Waals surface area contributed by atoms with E-state index in [4.69, 9.17) is 0 Å². The van der Waals surface area contributed by atoms with Crippen LogP contribution in [0.4, 0.5) is 10.5 Å². The van der Waals surface area contributed by atoms with Crippen molar-refractivity contribution in [1.29, 1.82) is 0 Å². The maximum atomic E-state index is 13.1. The number of para-hydroxylation sites is 1. The van der Waals surface area contributed by atoms with Gasteiger partial charge in [0.05, 0.1) is 0 Å². The Hall–Kier alpha value is -2.33. The van der Waals surface area contributed by atoms with E-state index < -0.39 is 0 Å². The largest absolute Gasteiger partial charge is 0.324 e. The number of carbonyl (C=O) groups excluding carboxylic acids is 1. The van der Waals surface area contributed by atoms with Crippen molar-refractivity contribution in [2.24, 2.45) is 5.92 Å². The van der Waals surface area contributed by atoms with Gasteiger partial charge in [0.15, 0.2) is 0 Å². The average molecular weight is 349 g/mol. The van der Waals surface area contributed by atoms with E-state index in [1.807, 2.05) is 37.4 Å². The van der Waals surface area contributed by atoms with Crippen LogP contribution in [0.2, 0.25) is 0 Å². The zero-order chi connectivity index (χ0) is 17.9. The first-order valence-corrected chi connectivity index (χ1v) is 9.56. The molecule has 0 aromatic heterocycles. The SMILES string of the molecule is CN(C(=O)N1C[C@@H]2CC[C@H](C1)N(Cc1ccccc1)C2)c1ccccc1. The van der Waals surface area contributed by atoms with Crippen molar-refractivity contribution in [2.75, 3.05) is 31.6 Å². The minimum Gasteiger partial charge on any atom is -0.322 e. The fraction of sp³-hybridized carbons (Fsp3) is 0.409. The molecule has 2 amide bonds. The lowest BCUT2D eigenvalue weighted by Crippen LogP contribution is -2.46. The highest BCUT2D eigenvalue weighted by molar-refractivity contribution is 5.91. The number of carbonyl (C=O) groups is 1. The monoisotopic (exact) mass is 349 g/mol. The number of hydrogen-bond acceptors (Lipinski definition) is 2. The third kappa shape index (κ3) is 3.61. The molecule has 136 valence electrons. The lowest BCUT2D eigenvalue weighted by molar-refractivity contribution is 0.124. The van der Waals surface area contributed by atoms with Gasteiger partial charge in [0.25, 0.3) is 0 Å². The Kier molecular flexibility index (Phi) is 4.93. The Bertz CT molecular complexity index is 734. The minimum absolute atomic E-state index is 0.120. The van der Waals surface area contributed by atoms with Crippen molar-refractivity contribution in [3.05, 3.63) is 66.2 Å². The van der Waals surface area contributed by atoms with E-state index in [0.29, 0.717) is 12.0 Å². The summed E-state index contributed by atoms with van der Waals surface area (Å²) in [6, 6.07) is 21.2. The molecular weight excluding hydrogens is 322 g/mol. The molecule has 0 N–H and O–H groups in total. The van der Waals surface area contributed by atoms with E-state index in [-0.39, 0.29) is 6.03 Å². The second kappa shape index (κ2) is 7.50. The summed E-state index contributed by atoms with van der Waals surface area (Å²) < 4.78 is 0. The first-order valence-electron chi connectivity index (χ1n) is 9.56. The summed E-state index contributed by atoms with van der Waals surface area (Å²) in [7, 11) is 1.88.